The number of unbranched alkanes of at least 4 members (excludes halogenated alkanes) is 35. The van der Waals surface area contributed by atoms with Gasteiger partial charge in [-0.25, -0.2) is 0 Å². The van der Waals surface area contributed by atoms with E-state index >= 15 is 0 Å². The molecule has 4 nitrogen and oxygen atoms in total. The molecule has 54 heavy (non-hydrogen) atoms. The molecule has 0 bridgehead atoms. The van der Waals surface area contributed by atoms with Crippen molar-refractivity contribution < 1.29 is 19.1 Å². The van der Waals surface area contributed by atoms with E-state index in [1.807, 2.05) is 13.8 Å². The van der Waals surface area contributed by atoms with E-state index in [4.69, 9.17) is 9.47 Å². The van der Waals surface area contributed by atoms with Gasteiger partial charge in [0.15, 0.2) is 0 Å². The van der Waals surface area contributed by atoms with Crippen LogP contribution in [0.25, 0.3) is 0 Å². The molecule has 4 heteroatoms. The molecule has 0 aliphatic rings. The number of carbonyl (C=O) groups excluding carboxylic acids is 2. The summed E-state index contributed by atoms with van der Waals surface area (Å²) in [6.45, 7) is 9.64. The lowest BCUT2D eigenvalue weighted by Gasteiger charge is -2.12. The molecule has 0 N–H and O–H groups in total. The van der Waals surface area contributed by atoms with E-state index in [1.54, 1.807) is 0 Å². The quantitative estimate of drug-likeness (QED) is 0.0458. The van der Waals surface area contributed by atoms with E-state index in [2.05, 4.69) is 13.8 Å². The van der Waals surface area contributed by atoms with Crippen LogP contribution in [0.5, 0.6) is 0 Å². The lowest BCUT2D eigenvalue weighted by Crippen LogP contribution is -2.16. The Balaban J connectivity index is 3.41. The van der Waals surface area contributed by atoms with Gasteiger partial charge >= 0.3 is 11.9 Å². The lowest BCUT2D eigenvalue weighted by atomic mass is 10.0. The average Bonchev–Trinajstić information content (AvgIpc) is 3.17. The van der Waals surface area contributed by atoms with Gasteiger partial charge < -0.3 is 9.47 Å². The third kappa shape index (κ3) is 40.6. The summed E-state index contributed by atoms with van der Waals surface area (Å²) in [5.74, 6) is -0.0541. The number of rotatable bonds is 45. The Kier molecular flexibility index (Phi) is 43.8. The third-order valence-electron chi connectivity index (χ3n) is 11.8. The van der Waals surface area contributed by atoms with E-state index in [1.165, 1.54) is 205 Å². The van der Waals surface area contributed by atoms with Crippen LogP contribution in [0.1, 0.15) is 285 Å². The maximum Gasteiger partial charge on any atom is 0.308 e. The molecule has 0 heterocycles. The van der Waals surface area contributed by atoms with Crippen LogP contribution in [0.3, 0.4) is 0 Å². The average molecular weight is 763 g/mol. The van der Waals surface area contributed by atoms with Gasteiger partial charge in [0.25, 0.3) is 0 Å². The zero-order chi connectivity index (χ0) is 39.4. The van der Waals surface area contributed by atoms with Gasteiger partial charge in [-0.2, -0.15) is 0 Å². The van der Waals surface area contributed by atoms with E-state index in [0.717, 1.165) is 51.4 Å². The summed E-state index contributed by atoms with van der Waals surface area (Å²) >= 11 is 0. The van der Waals surface area contributed by atoms with Crippen molar-refractivity contribution in [2.75, 3.05) is 13.2 Å². The SMILES string of the molecule is CCCCCCCCCCCCCCCCCCCC(C)C(=O)OCCCCCCOC(=O)C(C)CCCCCCCCCCCCCCCCCCC. The summed E-state index contributed by atoms with van der Waals surface area (Å²) in [5.41, 5.74) is 0. The fraction of sp³-hybridized carbons (Fsp3) is 0.960. The normalized spacial score (nSPS) is 12.6. The smallest absolute Gasteiger partial charge is 0.308 e. The summed E-state index contributed by atoms with van der Waals surface area (Å²) in [4.78, 5) is 24.8. The Labute approximate surface area is 339 Å². The lowest BCUT2D eigenvalue weighted by molar-refractivity contribution is -0.149. The Morgan fingerprint density at radius 1 is 0.296 bits per heavy atom. The van der Waals surface area contributed by atoms with Crippen molar-refractivity contribution in [1.29, 1.82) is 0 Å². The molecular formula is C50H98O4. The highest BCUT2D eigenvalue weighted by atomic mass is 16.5. The van der Waals surface area contributed by atoms with Gasteiger partial charge in [0, 0.05) is 0 Å². The topological polar surface area (TPSA) is 52.6 Å². The second kappa shape index (κ2) is 44.7. The largest absolute Gasteiger partial charge is 0.465 e. The maximum absolute atomic E-state index is 12.4. The van der Waals surface area contributed by atoms with E-state index in [9.17, 15) is 9.59 Å². The summed E-state index contributed by atoms with van der Waals surface area (Å²) in [6.07, 6.45) is 52.6. The highest BCUT2D eigenvalue weighted by Crippen LogP contribution is 2.18. The van der Waals surface area contributed by atoms with Crippen LogP contribution in [-0.2, 0) is 19.1 Å². The summed E-state index contributed by atoms with van der Waals surface area (Å²) in [7, 11) is 0. The van der Waals surface area contributed by atoms with Crippen LogP contribution in [0.2, 0.25) is 0 Å². The van der Waals surface area contributed by atoms with Gasteiger partial charge in [-0.05, 0) is 38.5 Å². The van der Waals surface area contributed by atoms with Gasteiger partial charge in [-0.3, -0.25) is 9.59 Å². The standard InChI is InChI=1S/C50H98O4/c1-5-7-9-11-13-15-17-19-21-23-25-27-29-31-33-35-39-43-47(3)49(51)53-45-41-37-38-42-46-54-50(52)48(4)44-40-36-34-32-30-28-26-24-22-20-18-16-14-12-10-8-6-2/h47-48H,5-46H2,1-4H3. The Morgan fingerprint density at radius 2 is 0.481 bits per heavy atom. The van der Waals surface area contributed by atoms with Crippen molar-refractivity contribution in [3.8, 4) is 0 Å². The van der Waals surface area contributed by atoms with Crippen LogP contribution in [0, 0.1) is 11.8 Å². The molecule has 0 aromatic heterocycles. The highest BCUT2D eigenvalue weighted by Gasteiger charge is 2.15. The molecule has 0 radical (unpaired) electrons. The number of ether oxygens (including phenoxy) is 2. The molecule has 2 atom stereocenters. The van der Waals surface area contributed by atoms with Crippen molar-refractivity contribution in [1.82, 2.24) is 0 Å². The van der Waals surface area contributed by atoms with Crippen molar-refractivity contribution in [3.63, 3.8) is 0 Å². The fourth-order valence-electron chi connectivity index (χ4n) is 7.77. The van der Waals surface area contributed by atoms with Gasteiger partial charge in [-0.15, -0.1) is 0 Å². The molecule has 0 rings (SSSR count). The number of hydrogen-bond acceptors (Lipinski definition) is 4. The maximum atomic E-state index is 12.4. The molecular weight excluding hydrogens is 665 g/mol. The first kappa shape index (κ1) is 52.9. The van der Waals surface area contributed by atoms with E-state index in [-0.39, 0.29) is 23.8 Å². The molecule has 0 saturated carbocycles. The van der Waals surface area contributed by atoms with Crippen LogP contribution in [0.15, 0.2) is 0 Å². The predicted molar refractivity (Wildman–Crippen MR) is 236 cm³/mol. The van der Waals surface area contributed by atoms with E-state index in [0.29, 0.717) is 13.2 Å². The molecule has 0 fully saturated rings. The molecule has 0 aliphatic carbocycles. The zero-order valence-electron chi connectivity index (χ0n) is 37.5. The number of hydrogen-bond donors (Lipinski definition) is 0. The third-order valence-corrected chi connectivity index (χ3v) is 11.8. The summed E-state index contributed by atoms with van der Waals surface area (Å²) in [5, 5.41) is 0. The van der Waals surface area contributed by atoms with Gasteiger partial charge in [-0.1, -0.05) is 246 Å². The van der Waals surface area contributed by atoms with Crippen molar-refractivity contribution in [2.45, 2.75) is 285 Å². The number of carbonyl (C=O) groups is 2. The second-order valence-electron chi connectivity index (χ2n) is 17.4. The highest BCUT2D eigenvalue weighted by molar-refractivity contribution is 5.72. The van der Waals surface area contributed by atoms with E-state index < -0.39 is 0 Å². The molecule has 322 valence electrons. The minimum Gasteiger partial charge on any atom is -0.465 e. The minimum atomic E-state index is -0.0333. The van der Waals surface area contributed by atoms with Crippen molar-refractivity contribution >= 4 is 11.9 Å². The van der Waals surface area contributed by atoms with Gasteiger partial charge in [0.05, 0.1) is 25.0 Å². The second-order valence-corrected chi connectivity index (χ2v) is 17.4. The Morgan fingerprint density at radius 3 is 0.704 bits per heavy atom. The molecule has 2 unspecified atom stereocenters. The van der Waals surface area contributed by atoms with Crippen LogP contribution < -0.4 is 0 Å². The molecule has 0 aromatic rings. The Hall–Kier alpha value is -1.06. The first-order valence-electron chi connectivity index (χ1n) is 24.9. The van der Waals surface area contributed by atoms with Crippen molar-refractivity contribution in [2.24, 2.45) is 11.8 Å². The first-order chi connectivity index (χ1) is 26.5. The summed E-state index contributed by atoms with van der Waals surface area (Å²) in [6, 6.07) is 0. The Bertz CT molecular complexity index is 689. The molecule has 0 amide bonds. The van der Waals surface area contributed by atoms with Crippen LogP contribution in [0.4, 0.5) is 0 Å². The van der Waals surface area contributed by atoms with Crippen molar-refractivity contribution in [3.05, 3.63) is 0 Å². The number of esters is 2. The monoisotopic (exact) mass is 763 g/mol. The van der Waals surface area contributed by atoms with Gasteiger partial charge in [0.2, 0.25) is 0 Å². The molecule has 0 saturated heterocycles. The zero-order valence-corrected chi connectivity index (χ0v) is 37.5. The molecule has 0 spiro atoms. The molecule has 0 aliphatic heterocycles. The first-order valence-corrected chi connectivity index (χ1v) is 24.9. The minimum absolute atomic E-state index is 0.00630. The van der Waals surface area contributed by atoms with Crippen LogP contribution in [-0.4, -0.2) is 25.2 Å². The summed E-state index contributed by atoms with van der Waals surface area (Å²) < 4.78 is 11.1. The van der Waals surface area contributed by atoms with Gasteiger partial charge in [0.1, 0.15) is 0 Å². The fourth-order valence-corrected chi connectivity index (χ4v) is 7.77. The van der Waals surface area contributed by atoms with Crippen LogP contribution >= 0.6 is 0 Å². The molecule has 0 aromatic carbocycles. The predicted octanol–water partition coefficient (Wildman–Crippen LogP) is 17.0.